The van der Waals surface area contributed by atoms with Gasteiger partial charge in [0, 0.05) is 0 Å². The molecule has 4 atom stereocenters. The standard InChI is InChI=1S/C17H24FNO4S2/c1-17(2,3)24(20)19-15(14-11-7-8-12-23-14)16(18)25(21,22)13-9-5-4-6-10-13/h4-6,8-10,12,14-16,19H,7,11H2,1-3H3/t14?,15-,16+,24-/m0/s1. The monoisotopic (exact) mass is 389 g/mol. The van der Waals surface area contributed by atoms with Gasteiger partial charge in [-0.15, -0.1) is 0 Å². The van der Waals surface area contributed by atoms with Gasteiger partial charge in [-0.25, -0.2) is 21.7 Å². The van der Waals surface area contributed by atoms with E-state index in [0.717, 1.165) is 0 Å². The van der Waals surface area contributed by atoms with Crippen LogP contribution >= 0.6 is 0 Å². The molecule has 0 aliphatic carbocycles. The number of nitrogens with one attached hydrogen (secondary N) is 1. The molecule has 0 saturated heterocycles. The summed E-state index contributed by atoms with van der Waals surface area (Å²) in [5.41, 5.74) is -2.28. The second kappa shape index (κ2) is 7.97. The van der Waals surface area contributed by atoms with Gasteiger partial charge in [0.1, 0.15) is 12.1 Å². The molecule has 2 rings (SSSR count). The number of benzene rings is 1. The summed E-state index contributed by atoms with van der Waals surface area (Å²) in [7, 11) is -5.89. The Kier molecular flexibility index (Phi) is 6.40. The summed E-state index contributed by atoms with van der Waals surface area (Å²) in [6.45, 7) is 5.19. The van der Waals surface area contributed by atoms with Gasteiger partial charge in [0.05, 0.1) is 26.9 Å². The van der Waals surface area contributed by atoms with E-state index in [1.165, 1.54) is 30.5 Å². The highest BCUT2D eigenvalue weighted by Gasteiger charge is 2.42. The van der Waals surface area contributed by atoms with Gasteiger partial charge in [0.25, 0.3) is 0 Å². The van der Waals surface area contributed by atoms with Crippen molar-refractivity contribution in [2.45, 2.75) is 60.9 Å². The van der Waals surface area contributed by atoms with Gasteiger partial charge in [-0.05, 0) is 51.8 Å². The highest BCUT2D eigenvalue weighted by Crippen LogP contribution is 2.26. The Bertz CT molecular complexity index is 729. The average Bonchev–Trinajstić information content (AvgIpc) is 2.59. The number of sulfone groups is 1. The number of halogens is 1. The Balaban J connectivity index is 2.33. The van der Waals surface area contributed by atoms with Crippen LogP contribution in [0.4, 0.5) is 4.39 Å². The third-order valence-electron chi connectivity index (χ3n) is 3.82. The van der Waals surface area contributed by atoms with Crippen LogP contribution in [-0.4, -0.2) is 35.0 Å². The maximum absolute atomic E-state index is 15.2. The molecule has 8 heteroatoms. The Morgan fingerprint density at radius 1 is 1.28 bits per heavy atom. The summed E-state index contributed by atoms with van der Waals surface area (Å²) in [5.74, 6) is 0. The summed E-state index contributed by atoms with van der Waals surface area (Å²) < 4.78 is 60.4. The van der Waals surface area contributed by atoms with Crippen molar-refractivity contribution in [1.82, 2.24) is 4.72 Å². The first-order valence-corrected chi connectivity index (χ1v) is 10.7. The molecule has 0 aromatic heterocycles. The van der Waals surface area contributed by atoms with Crippen molar-refractivity contribution in [1.29, 1.82) is 0 Å². The largest absolute Gasteiger partial charge is 0.497 e. The third kappa shape index (κ3) is 4.89. The summed E-state index contributed by atoms with van der Waals surface area (Å²) in [5, 5.41) is 0. The molecule has 1 N–H and O–H groups in total. The fraction of sp³-hybridized carbons (Fsp3) is 0.529. The molecule has 0 saturated carbocycles. The Labute approximate surface area is 151 Å². The number of allylic oxidation sites excluding steroid dienone is 1. The van der Waals surface area contributed by atoms with E-state index in [1.807, 2.05) is 0 Å². The maximum Gasteiger partial charge on any atom is 0.224 e. The topological polar surface area (TPSA) is 72.5 Å². The highest BCUT2D eigenvalue weighted by molar-refractivity contribution is 7.92. The van der Waals surface area contributed by atoms with Crippen LogP contribution in [0.3, 0.4) is 0 Å². The van der Waals surface area contributed by atoms with Crippen molar-refractivity contribution in [2.75, 3.05) is 0 Å². The Hall–Kier alpha value is -1.25. The first kappa shape index (κ1) is 20.1. The lowest BCUT2D eigenvalue weighted by atomic mass is 10.1. The van der Waals surface area contributed by atoms with Gasteiger partial charge >= 0.3 is 0 Å². The zero-order valence-corrected chi connectivity index (χ0v) is 16.1. The lowest BCUT2D eigenvalue weighted by Crippen LogP contribution is -2.53. The van der Waals surface area contributed by atoms with Gasteiger partial charge in [-0.2, -0.15) is 0 Å². The minimum absolute atomic E-state index is 0.109. The molecule has 0 bridgehead atoms. The van der Waals surface area contributed by atoms with Crippen molar-refractivity contribution in [3.8, 4) is 0 Å². The summed E-state index contributed by atoms with van der Waals surface area (Å²) >= 11 is 0. The minimum atomic E-state index is -4.25. The predicted molar refractivity (Wildman–Crippen MR) is 96.6 cm³/mol. The normalized spacial score (nSPS) is 22.0. The van der Waals surface area contributed by atoms with Crippen LogP contribution in [0.15, 0.2) is 47.6 Å². The molecule has 0 fully saturated rings. The van der Waals surface area contributed by atoms with Crippen LogP contribution in [0.25, 0.3) is 0 Å². The first-order valence-electron chi connectivity index (χ1n) is 8.05. The Morgan fingerprint density at radius 3 is 2.44 bits per heavy atom. The van der Waals surface area contributed by atoms with E-state index >= 15 is 4.39 Å². The van der Waals surface area contributed by atoms with Gasteiger partial charge in [-0.3, -0.25) is 0 Å². The lowest BCUT2D eigenvalue weighted by molar-refractivity contribution is 0.0764. The van der Waals surface area contributed by atoms with Crippen LogP contribution in [0, 0.1) is 0 Å². The van der Waals surface area contributed by atoms with Crippen LogP contribution in [0.1, 0.15) is 33.6 Å². The van der Waals surface area contributed by atoms with Crippen molar-refractivity contribution < 1.29 is 21.8 Å². The van der Waals surface area contributed by atoms with E-state index in [9.17, 15) is 12.6 Å². The predicted octanol–water partition coefficient (Wildman–Crippen LogP) is 2.87. The highest BCUT2D eigenvalue weighted by atomic mass is 32.2. The molecule has 25 heavy (non-hydrogen) atoms. The number of alkyl halides is 1. The van der Waals surface area contributed by atoms with E-state index < -0.39 is 43.2 Å². The number of ether oxygens (including phenoxy) is 1. The van der Waals surface area contributed by atoms with E-state index in [1.54, 1.807) is 32.9 Å². The smallest absolute Gasteiger partial charge is 0.224 e. The minimum Gasteiger partial charge on any atom is -0.497 e. The van der Waals surface area contributed by atoms with Crippen molar-refractivity contribution >= 4 is 20.8 Å². The number of hydrogen-bond donors (Lipinski definition) is 1. The molecule has 1 aromatic carbocycles. The van der Waals surface area contributed by atoms with Crippen LogP contribution in [-0.2, 0) is 25.6 Å². The maximum atomic E-state index is 15.2. The van der Waals surface area contributed by atoms with E-state index in [2.05, 4.69) is 4.72 Å². The molecule has 0 amide bonds. The fourth-order valence-electron chi connectivity index (χ4n) is 2.35. The van der Waals surface area contributed by atoms with Crippen molar-refractivity contribution in [3.63, 3.8) is 0 Å². The molecule has 0 spiro atoms. The average molecular weight is 390 g/mol. The molecule has 1 unspecified atom stereocenters. The van der Waals surface area contributed by atoms with Gasteiger partial charge in [0.15, 0.2) is 0 Å². The quantitative estimate of drug-likeness (QED) is 0.812. The first-order chi connectivity index (χ1) is 11.6. The number of hydrogen-bond acceptors (Lipinski definition) is 4. The molecular formula is C17H24FNO4S2. The van der Waals surface area contributed by atoms with Crippen LogP contribution < -0.4 is 4.72 Å². The van der Waals surface area contributed by atoms with Crippen LogP contribution in [0.5, 0.6) is 0 Å². The van der Waals surface area contributed by atoms with Crippen molar-refractivity contribution in [3.05, 3.63) is 42.7 Å². The molecule has 140 valence electrons. The van der Waals surface area contributed by atoms with E-state index in [0.29, 0.717) is 12.8 Å². The molecular weight excluding hydrogens is 365 g/mol. The molecule has 1 heterocycles. The second-order valence-electron chi connectivity index (χ2n) is 6.86. The summed E-state index contributed by atoms with van der Waals surface area (Å²) in [4.78, 5) is -0.109. The third-order valence-corrected chi connectivity index (χ3v) is 7.23. The van der Waals surface area contributed by atoms with Gasteiger partial charge in [0.2, 0.25) is 15.3 Å². The molecule has 5 nitrogen and oxygen atoms in total. The van der Waals surface area contributed by atoms with Crippen LogP contribution in [0.2, 0.25) is 0 Å². The van der Waals surface area contributed by atoms with Gasteiger partial charge < -0.3 is 4.74 Å². The van der Waals surface area contributed by atoms with Gasteiger partial charge in [-0.1, -0.05) is 18.2 Å². The fourth-order valence-corrected chi connectivity index (χ4v) is 4.73. The second-order valence-corrected chi connectivity index (χ2v) is 10.9. The molecule has 1 aliphatic rings. The van der Waals surface area contributed by atoms with Crippen molar-refractivity contribution in [2.24, 2.45) is 0 Å². The SMILES string of the molecule is CC(C)(C)[S@](=O)N[C@@H](C1CCC=CO1)[C@H](F)S(=O)(=O)c1ccccc1. The summed E-state index contributed by atoms with van der Waals surface area (Å²) in [6.07, 6.45) is 3.59. The molecule has 1 aliphatic heterocycles. The van der Waals surface area contributed by atoms with E-state index in [4.69, 9.17) is 4.74 Å². The lowest BCUT2D eigenvalue weighted by Gasteiger charge is -2.32. The Morgan fingerprint density at radius 2 is 1.92 bits per heavy atom. The molecule has 0 radical (unpaired) electrons. The zero-order chi connectivity index (χ0) is 18.7. The zero-order valence-electron chi connectivity index (χ0n) is 14.5. The molecule has 1 aromatic rings. The van der Waals surface area contributed by atoms with E-state index in [-0.39, 0.29) is 4.90 Å². The number of rotatable bonds is 6. The summed E-state index contributed by atoms with van der Waals surface area (Å²) in [6, 6.07) is 6.19.